The average molecular weight is 308 g/mol. The maximum Gasteiger partial charge on any atom is 0.412 e. The van der Waals surface area contributed by atoms with Crippen LogP contribution in [0, 0.1) is 13.8 Å². The number of hydrogen-bond acceptors (Lipinski definition) is 3. The van der Waals surface area contributed by atoms with Crippen molar-refractivity contribution in [2.24, 2.45) is 0 Å². The summed E-state index contributed by atoms with van der Waals surface area (Å²) in [7, 11) is 1.50. The van der Waals surface area contributed by atoms with E-state index in [2.05, 4.69) is 5.32 Å². The molecule has 0 bridgehead atoms. The molecule has 2 rings (SSSR count). The molecule has 5 heteroatoms. The summed E-state index contributed by atoms with van der Waals surface area (Å²) in [5.41, 5.74) is 2.10. The summed E-state index contributed by atoms with van der Waals surface area (Å²) in [5, 5.41) is 11.4. The van der Waals surface area contributed by atoms with Crippen molar-refractivity contribution in [3.63, 3.8) is 0 Å². The molecule has 0 aliphatic heterocycles. The maximum absolute atomic E-state index is 10.9. The van der Waals surface area contributed by atoms with Gasteiger partial charge in [0.1, 0.15) is 5.75 Å². The number of phenolic OH excluding ortho intramolecular Hbond substituents is 1. The fraction of sp³-hybridized carbons (Fsp3) is 0.188. The van der Waals surface area contributed by atoms with Crippen LogP contribution in [0.3, 0.4) is 0 Å². The number of aromatic hydroxyl groups is 1. The molecule has 21 heavy (non-hydrogen) atoms. The number of hydrogen-bond donors (Lipinski definition) is 2. The standard InChI is InChI=1S/C10H12ClNO2.C6H6O/c1-6-4-8(11)9(5-7(6)2)14-10(13)12-3;7-6-4-2-1-3-5-6/h4-5H,1-3H3,(H,12,13);1-5,7H. The van der Waals surface area contributed by atoms with E-state index in [1.165, 1.54) is 7.05 Å². The summed E-state index contributed by atoms with van der Waals surface area (Å²) < 4.78 is 4.95. The minimum Gasteiger partial charge on any atom is -0.508 e. The highest BCUT2D eigenvalue weighted by molar-refractivity contribution is 6.32. The summed E-state index contributed by atoms with van der Waals surface area (Å²) in [4.78, 5) is 10.9. The van der Waals surface area contributed by atoms with Crippen LogP contribution in [-0.4, -0.2) is 18.2 Å². The molecule has 0 saturated carbocycles. The normalized spacial score (nSPS) is 9.33. The van der Waals surface area contributed by atoms with Gasteiger partial charge in [-0.05, 0) is 49.2 Å². The van der Waals surface area contributed by atoms with E-state index in [1.54, 1.807) is 36.4 Å². The van der Waals surface area contributed by atoms with Gasteiger partial charge in [0.15, 0.2) is 5.75 Å². The zero-order valence-electron chi connectivity index (χ0n) is 12.2. The number of carbonyl (C=O) groups excluding carboxylic acids is 1. The second-order valence-electron chi connectivity index (χ2n) is 4.34. The Hall–Kier alpha value is -2.20. The number of phenols is 1. The Morgan fingerprint density at radius 3 is 2.19 bits per heavy atom. The second-order valence-corrected chi connectivity index (χ2v) is 4.75. The number of rotatable bonds is 1. The molecule has 0 unspecified atom stereocenters. The Morgan fingerprint density at radius 1 is 1.14 bits per heavy atom. The van der Waals surface area contributed by atoms with Crippen molar-refractivity contribution in [1.82, 2.24) is 5.32 Å². The summed E-state index contributed by atoms with van der Waals surface area (Å²) in [5.74, 6) is 0.705. The molecule has 0 fully saturated rings. The molecule has 112 valence electrons. The van der Waals surface area contributed by atoms with Gasteiger partial charge in [0.05, 0.1) is 5.02 Å². The van der Waals surface area contributed by atoms with E-state index in [0.717, 1.165) is 11.1 Å². The van der Waals surface area contributed by atoms with Gasteiger partial charge in [0, 0.05) is 7.05 Å². The average Bonchev–Trinajstić information content (AvgIpc) is 2.46. The van der Waals surface area contributed by atoms with Crippen molar-refractivity contribution in [2.75, 3.05) is 7.05 Å². The van der Waals surface area contributed by atoms with Crippen LogP contribution in [0.15, 0.2) is 42.5 Å². The summed E-state index contributed by atoms with van der Waals surface area (Å²) >= 11 is 5.90. The van der Waals surface area contributed by atoms with E-state index in [0.29, 0.717) is 16.5 Å². The lowest BCUT2D eigenvalue weighted by molar-refractivity contribution is 0.203. The third-order valence-corrected chi connectivity index (χ3v) is 3.01. The Labute approximate surface area is 129 Å². The van der Waals surface area contributed by atoms with Gasteiger partial charge in [-0.1, -0.05) is 29.8 Å². The molecule has 0 aliphatic carbocycles. The lowest BCUT2D eigenvalue weighted by atomic mass is 10.1. The van der Waals surface area contributed by atoms with E-state index in [1.807, 2.05) is 19.9 Å². The van der Waals surface area contributed by atoms with E-state index < -0.39 is 6.09 Å². The predicted octanol–water partition coefficient (Wildman–Crippen LogP) is 4.07. The van der Waals surface area contributed by atoms with Crippen LogP contribution in [0.25, 0.3) is 0 Å². The fourth-order valence-electron chi connectivity index (χ4n) is 1.41. The van der Waals surface area contributed by atoms with Crippen molar-refractivity contribution < 1.29 is 14.6 Å². The Morgan fingerprint density at radius 2 is 1.71 bits per heavy atom. The molecule has 0 aliphatic rings. The van der Waals surface area contributed by atoms with Gasteiger partial charge in [-0.15, -0.1) is 0 Å². The molecule has 2 aromatic carbocycles. The fourth-order valence-corrected chi connectivity index (χ4v) is 1.67. The predicted molar refractivity (Wildman–Crippen MR) is 84.1 cm³/mol. The first-order valence-corrected chi connectivity index (χ1v) is 6.72. The summed E-state index contributed by atoms with van der Waals surface area (Å²) in [6.45, 7) is 3.88. The summed E-state index contributed by atoms with van der Waals surface area (Å²) in [6, 6.07) is 12.2. The van der Waals surface area contributed by atoms with E-state index >= 15 is 0 Å². The van der Waals surface area contributed by atoms with Gasteiger partial charge in [-0.3, -0.25) is 0 Å². The van der Waals surface area contributed by atoms with Gasteiger partial charge >= 0.3 is 6.09 Å². The minimum atomic E-state index is -0.518. The third-order valence-electron chi connectivity index (χ3n) is 2.71. The number of halogens is 1. The van der Waals surface area contributed by atoms with E-state index in [-0.39, 0.29) is 0 Å². The number of carbonyl (C=O) groups is 1. The Bertz CT molecular complexity index is 600. The number of aryl methyl sites for hydroxylation is 2. The lowest BCUT2D eigenvalue weighted by Gasteiger charge is -2.08. The first-order chi connectivity index (χ1) is 9.93. The number of para-hydroxylation sites is 1. The van der Waals surface area contributed by atoms with Crippen molar-refractivity contribution in [3.8, 4) is 11.5 Å². The van der Waals surface area contributed by atoms with Crippen LogP contribution in [0.4, 0.5) is 4.79 Å². The second kappa shape index (κ2) is 8.17. The zero-order chi connectivity index (χ0) is 15.8. The number of amides is 1. The molecule has 2 aromatic rings. The quantitative estimate of drug-likeness (QED) is 0.835. The van der Waals surface area contributed by atoms with Crippen LogP contribution in [0.1, 0.15) is 11.1 Å². The molecule has 0 saturated heterocycles. The highest BCUT2D eigenvalue weighted by Crippen LogP contribution is 2.27. The topological polar surface area (TPSA) is 58.6 Å². The molecule has 0 aromatic heterocycles. The van der Waals surface area contributed by atoms with Crippen LogP contribution in [0.5, 0.6) is 11.5 Å². The van der Waals surface area contributed by atoms with Crippen LogP contribution >= 0.6 is 11.6 Å². The van der Waals surface area contributed by atoms with Crippen molar-refractivity contribution in [2.45, 2.75) is 13.8 Å². The first kappa shape index (κ1) is 16.9. The highest BCUT2D eigenvalue weighted by Gasteiger charge is 2.08. The molecule has 2 N–H and O–H groups in total. The Kier molecular flexibility index (Phi) is 6.56. The van der Waals surface area contributed by atoms with Crippen molar-refractivity contribution >= 4 is 17.7 Å². The first-order valence-electron chi connectivity index (χ1n) is 6.34. The van der Waals surface area contributed by atoms with Crippen molar-refractivity contribution in [1.29, 1.82) is 0 Å². The molecule has 0 atom stereocenters. The molecule has 0 radical (unpaired) electrons. The lowest BCUT2D eigenvalue weighted by Crippen LogP contribution is -2.22. The third kappa shape index (κ3) is 5.75. The minimum absolute atomic E-state index is 0.322. The van der Waals surface area contributed by atoms with Gasteiger partial charge in [-0.25, -0.2) is 4.79 Å². The Balaban J connectivity index is 0.000000262. The molecule has 0 heterocycles. The molecule has 0 spiro atoms. The largest absolute Gasteiger partial charge is 0.508 e. The van der Waals surface area contributed by atoms with E-state index in [9.17, 15) is 4.79 Å². The SMILES string of the molecule is CNC(=O)Oc1cc(C)c(C)cc1Cl.Oc1ccccc1. The van der Waals surface area contributed by atoms with Crippen LogP contribution in [-0.2, 0) is 0 Å². The number of benzene rings is 2. The van der Waals surface area contributed by atoms with Gasteiger partial charge in [0.25, 0.3) is 0 Å². The summed E-state index contributed by atoms with van der Waals surface area (Å²) in [6.07, 6.45) is -0.518. The monoisotopic (exact) mass is 307 g/mol. The molecular weight excluding hydrogens is 290 g/mol. The van der Waals surface area contributed by atoms with Crippen LogP contribution in [0.2, 0.25) is 5.02 Å². The van der Waals surface area contributed by atoms with Crippen LogP contribution < -0.4 is 10.1 Å². The van der Waals surface area contributed by atoms with Gasteiger partial charge in [-0.2, -0.15) is 0 Å². The maximum atomic E-state index is 10.9. The molecular formula is C16H18ClNO3. The highest BCUT2D eigenvalue weighted by atomic mass is 35.5. The zero-order valence-corrected chi connectivity index (χ0v) is 12.9. The molecule has 1 amide bonds. The smallest absolute Gasteiger partial charge is 0.412 e. The molecule has 4 nitrogen and oxygen atoms in total. The number of nitrogens with one attached hydrogen (secondary N) is 1. The number of ether oxygens (including phenoxy) is 1. The van der Waals surface area contributed by atoms with E-state index in [4.69, 9.17) is 21.4 Å². The van der Waals surface area contributed by atoms with Gasteiger partial charge < -0.3 is 15.2 Å². The van der Waals surface area contributed by atoms with Crippen molar-refractivity contribution in [3.05, 3.63) is 58.6 Å². The van der Waals surface area contributed by atoms with Gasteiger partial charge in [0.2, 0.25) is 0 Å².